The van der Waals surface area contributed by atoms with Gasteiger partial charge in [0.2, 0.25) is 0 Å². The summed E-state index contributed by atoms with van der Waals surface area (Å²) < 4.78 is 89.4. The highest BCUT2D eigenvalue weighted by Gasteiger charge is 2.76. The van der Waals surface area contributed by atoms with Gasteiger partial charge < -0.3 is 14.6 Å². The molecule has 11 heteroatoms. The summed E-state index contributed by atoms with van der Waals surface area (Å²) in [5.74, 6) is -17.5. The monoisotopic (exact) mass is 298 g/mol. The van der Waals surface area contributed by atoms with E-state index in [4.69, 9.17) is 5.41 Å². The molecule has 1 unspecified atom stereocenters. The lowest BCUT2D eigenvalue weighted by atomic mass is 10.1. The van der Waals surface area contributed by atoms with Crippen LogP contribution in [-0.4, -0.2) is 36.0 Å². The highest BCUT2D eigenvalue weighted by atomic mass is 19.4. The van der Waals surface area contributed by atoms with Crippen molar-refractivity contribution in [3.8, 4) is 0 Å². The summed E-state index contributed by atoms with van der Waals surface area (Å²) in [7, 11) is 0. The first-order valence-corrected chi connectivity index (χ1v) is 4.57. The number of hydrogen-bond acceptors (Lipinski definition) is 4. The molecule has 0 rings (SSSR count). The van der Waals surface area contributed by atoms with Crippen molar-refractivity contribution >= 4 is 11.9 Å². The summed E-state index contributed by atoms with van der Waals surface area (Å²) >= 11 is 0. The molecule has 0 fully saturated rings. The van der Waals surface area contributed by atoms with Gasteiger partial charge in [-0.05, 0) is 6.42 Å². The van der Waals surface area contributed by atoms with Gasteiger partial charge in [0.05, 0.1) is 5.97 Å². The Morgan fingerprint density at radius 2 is 1.63 bits per heavy atom. The summed E-state index contributed by atoms with van der Waals surface area (Å²) in [4.78, 5) is 10.3. The Labute approximate surface area is 101 Å². The summed E-state index contributed by atoms with van der Waals surface area (Å²) in [5.41, 5.74) is 0. The molecule has 0 amide bonds. The van der Waals surface area contributed by atoms with Gasteiger partial charge >= 0.3 is 18.0 Å². The molecule has 0 spiro atoms. The van der Waals surface area contributed by atoms with Crippen LogP contribution in [0.2, 0.25) is 0 Å². The van der Waals surface area contributed by atoms with E-state index in [1.165, 1.54) is 0 Å². The van der Waals surface area contributed by atoms with Gasteiger partial charge in [-0.25, -0.2) is 0 Å². The zero-order chi connectivity index (χ0) is 15.6. The second-order valence-corrected chi connectivity index (χ2v) is 3.31. The normalized spacial score (nSPS) is 14.9. The molecule has 0 saturated carbocycles. The standard InChI is InChI=1S/C8H8F7NO3/c1-2-3(4(17)18)19-5(16)6(9,10)7(11,12)8(13,14)15/h3,16H,2H2,1H3,(H,17,18)/p-1. The maximum atomic E-state index is 12.8. The Morgan fingerprint density at radius 3 is 1.89 bits per heavy atom. The van der Waals surface area contributed by atoms with Crippen molar-refractivity contribution in [1.29, 1.82) is 5.41 Å². The minimum Gasteiger partial charge on any atom is -0.546 e. The van der Waals surface area contributed by atoms with Crippen LogP contribution in [0.15, 0.2) is 0 Å². The molecule has 0 aromatic carbocycles. The number of hydrogen-bond donors (Lipinski definition) is 1. The number of ether oxygens (including phenoxy) is 1. The van der Waals surface area contributed by atoms with Crippen LogP contribution in [0.25, 0.3) is 0 Å². The molecule has 0 saturated heterocycles. The SMILES string of the molecule is CCC(OC(=N)C(F)(F)C(F)(F)C(F)(F)F)C(=O)[O-]. The first-order valence-electron chi connectivity index (χ1n) is 4.57. The number of carbonyl (C=O) groups excluding carboxylic acids is 1. The Hall–Kier alpha value is -1.55. The van der Waals surface area contributed by atoms with Crippen LogP contribution in [0.4, 0.5) is 30.7 Å². The van der Waals surface area contributed by atoms with Gasteiger partial charge in [-0.2, -0.15) is 30.7 Å². The average Bonchev–Trinajstić information content (AvgIpc) is 2.22. The van der Waals surface area contributed by atoms with Crippen molar-refractivity contribution in [3.05, 3.63) is 0 Å². The van der Waals surface area contributed by atoms with Gasteiger partial charge in [0.15, 0.2) is 0 Å². The largest absolute Gasteiger partial charge is 0.546 e. The summed E-state index contributed by atoms with van der Waals surface area (Å²) in [6, 6.07) is 0. The number of nitrogens with one attached hydrogen (secondary N) is 1. The third kappa shape index (κ3) is 3.26. The third-order valence-corrected chi connectivity index (χ3v) is 1.93. The Kier molecular flexibility index (Phi) is 4.79. The number of rotatable bonds is 5. The van der Waals surface area contributed by atoms with Crippen LogP contribution < -0.4 is 5.11 Å². The number of carboxylic acids is 1. The zero-order valence-electron chi connectivity index (χ0n) is 9.15. The fourth-order valence-electron chi connectivity index (χ4n) is 0.835. The maximum Gasteiger partial charge on any atom is 0.460 e. The van der Waals surface area contributed by atoms with Crippen LogP contribution in [0.3, 0.4) is 0 Å². The number of halogens is 7. The lowest BCUT2D eigenvalue weighted by molar-refractivity contribution is -0.340. The van der Waals surface area contributed by atoms with E-state index in [0.717, 1.165) is 6.92 Å². The molecule has 0 aliphatic rings. The molecule has 1 N–H and O–H groups in total. The molecule has 112 valence electrons. The van der Waals surface area contributed by atoms with E-state index in [1.54, 1.807) is 0 Å². The smallest absolute Gasteiger partial charge is 0.460 e. The van der Waals surface area contributed by atoms with Gasteiger partial charge in [-0.15, -0.1) is 0 Å². The fraction of sp³-hybridized carbons (Fsp3) is 0.750. The Bertz CT molecular complexity index is 366. The molecule has 4 nitrogen and oxygen atoms in total. The first-order chi connectivity index (χ1) is 8.29. The number of carboxylic acid groups (broad SMARTS) is 1. The van der Waals surface area contributed by atoms with Crippen LogP contribution >= 0.6 is 0 Å². The van der Waals surface area contributed by atoms with Crippen molar-refractivity contribution in [2.45, 2.75) is 37.5 Å². The van der Waals surface area contributed by atoms with Crippen molar-refractivity contribution in [3.63, 3.8) is 0 Å². The molecule has 1 atom stereocenters. The lowest BCUT2D eigenvalue weighted by Crippen LogP contribution is -2.57. The van der Waals surface area contributed by atoms with Crippen LogP contribution in [0.5, 0.6) is 0 Å². The minimum absolute atomic E-state index is 0.571. The minimum atomic E-state index is -6.63. The predicted molar refractivity (Wildman–Crippen MR) is 43.8 cm³/mol. The second kappa shape index (κ2) is 5.21. The van der Waals surface area contributed by atoms with Crippen LogP contribution in [0.1, 0.15) is 13.3 Å². The van der Waals surface area contributed by atoms with Gasteiger partial charge in [-0.3, -0.25) is 5.41 Å². The summed E-state index contributed by atoms with van der Waals surface area (Å²) in [6.45, 7) is 1.05. The molecule has 0 aromatic heterocycles. The average molecular weight is 298 g/mol. The maximum absolute atomic E-state index is 12.8. The lowest BCUT2D eigenvalue weighted by Gasteiger charge is -2.29. The van der Waals surface area contributed by atoms with E-state index >= 15 is 0 Å². The Morgan fingerprint density at radius 1 is 1.21 bits per heavy atom. The van der Waals surface area contributed by atoms with Crippen molar-refractivity contribution in [2.24, 2.45) is 0 Å². The first kappa shape index (κ1) is 17.4. The fourth-order valence-corrected chi connectivity index (χ4v) is 0.835. The van der Waals surface area contributed by atoms with E-state index in [2.05, 4.69) is 4.74 Å². The molecular formula is C8H7F7NO3-. The van der Waals surface area contributed by atoms with Gasteiger partial charge in [-0.1, -0.05) is 6.92 Å². The van der Waals surface area contributed by atoms with Crippen LogP contribution in [-0.2, 0) is 9.53 Å². The van der Waals surface area contributed by atoms with Gasteiger partial charge in [0.1, 0.15) is 6.10 Å². The van der Waals surface area contributed by atoms with Crippen LogP contribution in [0, 0.1) is 5.41 Å². The highest BCUT2D eigenvalue weighted by molar-refractivity contribution is 5.84. The number of alkyl halides is 7. The van der Waals surface area contributed by atoms with E-state index in [0.29, 0.717) is 0 Å². The quantitative estimate of drug-likeness (QED) is 0.473. The second-order valence-electron chi connectivity index (χ2n) is 3.31. The zero-order valence-corrected chi connectivity index (χ0v) is 9.15. The van der Waals surface area contributed by atoms with Crippen molar-refractivity contribution in [1.82, 2.24) is 0 Å². The van der Waals surface area contributed by atoms with E-state index in [9.17, 15) is 40.6 Å². The third-order valence-electron chi connectivity index (χ3n) is 1.93. The number of aliphatic carboxylic acids is 1. The summed E-state index contributed by atoms with van der Waals surface area (Å²) in [5, 5.41) is 16.7. The van der Waals surface area contributed by atoms with Crippen molar-refractivity contribution in [2.75, 3.05) is 0 Å². The summed E-state index contributed by atoms with van der Waals surface area (Å²) in [6.07, 6.45) is -9.43. The molecular weight excluding hydrogens is 291 g/mol. The molecule has 0 radical (unpaired) electrons. The van der Waals surface area contributed by atoms with E-state index < -0.39 is 42.4 Å². The molecule has 0 aromatic rings. The molecule has 0 aliphatic carbocycles. The highest BCUT2D eigenvalue weighted by Crippen LogP contribution is 2.47. The molecule has 0 bridgehead atoms. The van der Waals surface area contributed by atoms with Gasteiger partial charge in [0.25, 0.3) is 5.90 Å². The van der Waals surface area contributed by atoms with E-state index in [1.807, 2.05) is 0 Å². The topological polar surface area (TPSA) is 73.2 Å². The predicted octanol–water partition coefficient (Wildman–Crippen LogP) is 1.34. The molecule has 19 heavy (non-hydrogen) atoms. The van der Waals surface area contributed by atoms with E-state index in [-0.39, 0.29) is 0 Å². The number of carbonyl (C=O) groups is 1. The Balaban J connectivity index is 5.22. The molecule has 0 aliphatic heterocycles. The molecule has 0 heterocycles. The van der Waals surface area contributed by atoms with Crippen molar-refractivity contribution < 1.29 is 45.4 Å². The van der Waals surface area contributed by atoms with Gasteiger partial charge in [0, 0.05) is 0 Å².